The molecule has 1 rings (SSSR count). The van der Waals surface area contributed by atoms with E-state index in [1.54, 1.807) is 19.2 Å². The van der Waals surface area contributed by atoms with Gasteiger partial charge in [0.1, 0.15) is 5.75 Å². The van der Waals surface area contributed by atoms with Gasteiger partial charge in [-0.2, -0.15) is 5.26 Å². The van der Waals surface area contributed by atoms with Gasteiger partial charge in [-0.1, -0.05) is 19.1 Å². The smallest absolute Gasteiger partial charge is 0.169 e. The Morgan fingerprint density at radius 2 is 2.18 bits per heavy atom. The first-order chi connectivity index (χ1) is 8.24. The first-order valence-corrected chi connectivity index (χ1v) is 5.78. The zero-order valence-corrected chi connectivity index (χ0v) is 10.3. The van der Waals surface area contributed by atoms with Crippen molar-refractivity contribution in [1.82, 2.24) is 0 Å². The molecule has 0 amide bonds. The molecular formula is C14H17NO2. The molecule has 0 saturated heterocycles. The molecule has 3 nitrogen and oxygen atoms in total. The van der Waals surface area contributed by atoms with E-state index in [2.05, 4.69) is 6.07 Å². The van der Waals surface area contributed by atoms with Crippen LogP contribution >= 0.6 is 0 Å². The van der Waals surface area contributed by atoms with Gasteiger partial charge in [0.2, 0.25) is 0 Å². The van der Waals surface area contributed by atoms with Crippen LogP contribution in [0.5, 0.6) is 5.75 Å². The molecule has 1 unspecified atom stereocenters. The third kappa shape index (κ3) is 3.32. The third-order valence-corrected chi connectivity index (χ3v) is 2.84. The second-order valence-electron chi connectivity index (χ2n) is 3.87. The number of hydrogen-bond acceptors (Lipinski definition) is 3. The van der Waals surface area contributed by atoms with E-state index >= 15 is 0 Å². The Morgan fingerprint density at radius 3 is 2.76 bits per heavy atom. The predicted molar refractivity (Wildman–Crippen MR) is 66.0 cm³/mol. The van der Waals surface area contributed by atoms with Crippen LogP contribution in [0, 0.1) is 17.2 Å². The molecule has 0 N–H and O–H groups in total. The van der Waals surface area contributed by atoms with Crippen molar-refractivity contribution in [2.75, 3.05) is 7.11 Å². The summed E-state index contributed by atoms with van der Waals surface area (Å²) in [5.74, 6) is 0.582. The monoisotopic (exact) mass is 231 g/mol. The highest BCUT2D eigenvalue weighted by Gasteiger charge is 2.20. The number of Topliss-reactive ketones (excluding diaryl/α,β-unsaturated/α-hetero) is 1. The number of carbonyl (C=O) groups excluding carboxylic acids is 1. The van der Waals surface area contributed by atoms with Crippen LogP contribution in [0.4, 0.5) is 0 Å². The van der Waals surface area contributed by atoms with Crippen LogP contribution in [0.1, 0.15) is 36.5 Å². The predicted octanol–water partition coefficient (Wildman–Crippen LogP) is 3.21. The van der Waals surface area contributed by atoms with E-state index in [1.807, 2.05) is 19.1 Å². The van der Waals surface area contributed by atoms with Crippen LogP contribution in [0.25, 0.3) is 0 Å². The molecule has 0 radical (unpaired) electrons. The van der Waals surface area contributed by atoms with Crippen LogP contribution in [-0.2, 0) is 0 Å². The highest BCUT2D eigenvalue weighted by atomic mass is 16.5. The summed E-state index contributed by atoms with van der Waals surface area (Å²) in [4.78, 5) is 12.3. The minimum atomic E-state index is -0.0917. The fraction of sp³-hybridized carbons (Fsp3) is 0.429. The molecule has 0 aliphatic carbocycles. The fourth-order valence-electron chi connectivity index (χ4n) is 1.83. The number of carbonyl (C=O) groups is 1. The van der Waals surface area contributed by atoms with E-state index in [0.717, 1.165) is 6.42 Å². The first kappa shape index (κ1) is 13.2. The Morgan fingerprint density at radius 1 is 1.47 bits per heavy atom. The zero-order chi connectivity index (χ0) is 12.7. The average Bonchev–Trinajstić information content (AvgIpc) is 2.39. The van der Waals surface area contributed by atoms with E-state index in [0.29, 0.717) is 24.2 Å². The highest BCUT2D eigenvalue weighted by Crippen LogP contribution is 2.24. The second kappa shape index (κ2) is 6.70. The maximum Gasteiger partial charge on any atom is 0.169 e. The summed E-state index contributed by atoms with van der Waals surface area (Å²) < 4.78 is 5.18. The maximum absolute atomic E-state index is 12.3. The summed E-state index contributed by atoms with van der Waals surface area (Å²) in [5, 5.41) is 8.58. The summed E-state index contributed by atoms with van der Waals surface area (Å²) in [7, 11) is 1.56. The minimum absolute atomic E-state index is 0.0696. The molecule has 0 spiro atoms. The summed E-state index contributed by atoms with van der Waals surface area (Å²) in [6, 6.07) is 9.31. The molecule has 17 heavy (non-hydrogen) atoms. The highest BCUT2D eigenvalue weighted by molar-refractivity contribution is 6.00. The van der Waals surface area contributed by atoms with E-state index in [4.69, 9.17) is 10.00 Å². The van der Waals surface area contributed by atoms with Crippen LogP contribution < -0.4 is 4.74 Å². The zero-order valence-electron chi connectivity index (χ0n) is 10.3. The summed E-state index contributed by atoms with van der Waals surface area (Å²) in [6.07, 6.45) is 1.78. The van der Waals surface area contributed by atoms with Crippen molar-refractivity contribution in [3.63, 3.8) is 0 Å². The number of rotatable bonds is 6. The second-order valence-corrected chi connectivity index (χ2v) is 3.87. The first-order valence-electron chi connectivity index (χ1n) is 5.78. The number of nitrogens with zero attached hydrogens (tertiary/aromatic N) is 1. The maximum atomic E-state index is 12.3. The molecule has 1 aromatic rings. The quantitative estimate of drug-likeness (QED) is 0.706. The van der Waals surface area contributed by atoms with Gasteiger partial charge in [0.15, 0.2) is 5.78 Å². The SMILES string of the molecule is CCC(CCC#N)C(=O)c1ccccc1OC. The lowest BCUT2D eigenvalue weighted by atomic mass is 9.91. The molecule has 0 fully saturated rings. The number of benzene rings is 1. The van der Waals surface area contributed by atoms with Gasteiger partial charge in [-0.3, -0.25) is 4.79 Å². The molecule has 0 saturated carbocycles. The lowest BCUT2D eigenvalue weighted by Crippen LogP contribution is -2.14. The van der Waals surface area contributed by atoms with Gasteiger partial charge in [0.25, 0.3) is 0 Å². The van der Waals surface area contributed by atoms with Crippen molar-refractivity contribution in [3.8, 4) is 11.8 Å². The normalized spacial score (nSPS) is 11.6. The molecule has 0 aliphatic heterocycles. The minimum Gasteiger partial charge on any atom is -0.496 e. The van der Waals surface area contributed by atoms with Crippen LogP contribution in [0.15, 0.2) is 24.3 Å². The number of nitriles is 1. The van der Waals surface area contributed by atoms with E-state index in [9.17, 15) is 4.79 Å². The number of ether oxygens (including phenoxy) is 1. The third-order valence-electron chi connectivity index (χ3n) is 2.84. The van der Waals surface area contributed by atoms with Crippen molar-refractivity contribution >= 4 is 5.78 Å². The lowest BCUT2D eigenvalue weighted by molar-refractivity contribution is 0.0908. The van der Waals surface area contributed by atoms with Gasteiger partial charge in [0, 0.05) is 12.3 Å². The molecule has 90 valence electrons. The van der Waals surface area contributed by atoms with Gasteiger partial charge in [-0.25, -0.2) is 0 Å². The Kier molecular flexibility index (Phi) is 5.22. The molecule has 0 heterocycles. The van der Waals surface area contributed by atoms with Gasteiger partial charge in [-0.15, -0.1) is 0 Å². The largest absolute Gasteiger partial charge is 0.496 e. The topological polar surface area (TPSA) is 50.1 Å². The van der Waals surface area contributed by atoms with E-state index in [-0.39, 0.29) is 11.7 Å². The van der Waals surface area contributed by atoms with E-state index < -0.39 is 0 Å². The molecule has 1 aromatic carbocycles. The van der Waals surface area contributed by atoms with Gasteiger partial charge < -0.3 is 4.74 Å². The molecule has 1 atom stereocenters. The summed E-state index contributed by atoms with van der Waals surface area (Å²) in [5.41, 5.74) is 0.611. The van der Waals surface area contributed by atoms with Crippen LogP contribution in [-0.4, -0.2) is 12.9 Å². The molecule has 0 aromatic heterocycles. The van der Waals surface area contributed by atoms with E-state index in [1.165, 1.54) is 0 Å². The number of para-hydroxylation sites is 1. The van der Waals surface area contributed by atoms with Crippen LogP contribution in [0.2, 0.25) is 0 Å². The van der Waals surface area contributed by atoms with Crippen molar-refractivity contribution in [3.05, 3.63) is 29.8 Å². The fourth-order valence-corrected chi connectivity index (χ4v) is 1.83. The Labute approximate surface area is 102 Å². The summed E-state index contributed by atoms with van der Waals surface area (Å²) >= 11 is 0. The molecule has 0 aliphatic rings. The number of hydrogen-bond donors (Lipinski definition) is 0. The van der Waals surface area contributed by atoms with Crippen molar-refractivity contribution in [2.45, 2.75) is 26.2 Å². The van der Waals surface area contributed by atoms with Crippen molar-refractivity contribution in [1.29, 1.82) is 5.26 Å². The lowest BCUT2D eigenvalue weighted by Gasteiger charge is -2.14. The number of methoxy groups -OCH3 is 1. The van der Waals surface area contributed by atoms with Gasteiger partial charge in [0.05, 0.1) is 18.7 Å². The Bertz CT molecular complexity index is 420. The van der Waals surface area contributed by atoms with Gasteiger partial charge >= 0.3 is 0 Å². The summed E-state index contributed by atoms with van der Waals surface area (Å²) in [6.45, 7) is 1.97. The average molecular weight is 231 g/mol. The van der Waals surface area contributed by atoms with Crippen LogP contribution in [0.3, 0.4) is 0 Å². The number of ketones is 1. The Hall–Kier alpha value is -1.82. The molecule has 3 heteroatoms. The Balaban J connectivity index is 2.90. The molecule has 0 bridgehead atoms. The van der Waals surface area contributed by atoms with Crippen molar-refractivity contribution < 1.29 is 9.53 Å². The van der Waals surface area contributed by atoms with Crippen molar-refractivity contribution in [2.24, 2.45) is 5.92 Å². The standard InChI is InChI=1S/C14H17NO2/c1-3-11(7-6-10-15)14(16)12-8-4-5-9-13(12)17-2/h4-5,8-9,11H,3,6-7H2,1-2H3. The van der Waals surface area contributed by atoms with Gasteiger partial charge in [-0.05, 0) is 25.0 Å². The molecular weight excluding hydrogens is 214 g/mol.